The predicted molar refractivity (Wildman–Crippen MR) is 113 cm³/mol. The SMILES string of the molecule is COC(=O)c1ccc2c(=O)n(CC(C)C)c(CN)c(-c3ccc(Cl)cc3)c2c1. The van der Waals surface area contributed by atoms with Crippen LogP contribution in [0, 0.1) is 5.92 Å². The minimum Gasteiger partial charge on any atom is -0.465 e. The fourth-order valence-electron chi connectivity index (χ4n) is 3.45. The highest BCUT2D eigenvalue weighted by molar-refractivity contribution is 6.30. The maximum absolute atomic E-state index is 13.2. The summed E-state index contributed by atoms with van der Waals surface area (Å²) in [7, 11) is 1.33. The lowest BCUT2D eigenvalue weighted by Crippen LogP contribution is -2.28. The third-order valence-corrected chi connectivity index (χ3v) is 4.93. The van der Waals surface area contributed by atoms with Gasteiger partial charge in [-0.2, -0.15) is 0 Å². The molecule has 28 heavy (non-hydrogen) atoms. The van der Waals surface area contributed by atoms with Gasteiger partial charge in [0.05, 0.1) is 12.7 Å². The number of nitrogens with two attached hydrogens (primary N) is 1. The first-order valence-corrected chi connectivity index (χ1v) is 9.49. The summed E-state index contributed by atoms with van der Waals surface area (Å²) < 4.78 is 6.59. The smallest absolute Gasteiger partial charge is 0.337 e. The Kier molecular flexibility index (Phi) is 5.87. The number of esters is 1. The molecule has 0 aliphatic rings. The summed E-state index contributed by atoms with van der Waals surface area (Å²) in [6.45, 7) is 4.86. The summed E-state index contributed by atoms with van der Waals surface area (Å²) in [5.41, 5.74) is 8.82. The van der Waals surface area contributed by atoms with Gasteiger partial charge in [0, 0.05) is 34.8 Å². The van der Waals surface area contributed by atoms with E-state index in [0.717, 1.165) is 16.8 Å². The quantitative estimate of drug-likeness (QED) is 0.653. The Balaban J connectivity index is 2.46. The zero-order valence-corrected chi connectivity index (χ0v) is 16.9. The van der Waals surface area contributed by atoms with Gasteiger partial charge in [-0.05, 0) is 47.2 Å². The molecule has 0 saturated heterocycles. The van der Waals surface area contributed by atoms with Gasteiger partial charge in [0.2, 0.25) is 0 Å². The molecular weight excluding hydrogens is 376 g/mol. The van der Waals surface area contributed by atoms with Crippen LogP contribution in [0.4, 0.5) is 0 Å². The van der Waals surface area contributed by atoms with Crippen LogP contribution in [0.1, 0.15) is 29.9 Å². The number of pyridine rings is 1. The van der Waals surface area contributed by atoms with Crippen molar-refractivity contribution in [1.82, 2.24) is 4.57 Å². The number of hydrogen-bond donors (Lipinski definition) is 1. The van der Waals surface area contributed by atoms with E-state index < -0.39 is 5.97 Å². The molecule has 2 aromatic carbocycles. The number of rotatable bonds is 5. The number of nitrogens with zero attached hydrogens (tertiary/aromatic N) is 1. The van der Waals surface area contributed by atoms with Crippen LogP contribution in [0.15, 0.2) is 47.3 Å². The number of hydrogen-bond acceptors (Lipinski definition) is 4. The first-order chi connectivity index (χ1) is 13.4. The molecule has 146 valence electrons. The second-order valence-electron chi connectivity index (χ2n) is 7.09. The molecule has 0 radical (unpaired) electrons. The molecule has 0 aliphatic carbocycles. The lowest BCUT2D eigenvalue weighted by molar-refractivity contribution is 0.0601. The van der Waals surface area contributed by atoms with E-state index in [9.17, 15) is 9.59 Å². The van der Waals surface area contributed by atoms with Crippen molar-refractivity contribution in [2.45, 2.75) is 26.9 Å². The number of fused-ring (bicyclic) bond motifs is 1. The van der Waals surface area contributed by atoms with Crippen molar-refractivity contribution in [1.29, 1.82) is 0 Å². The second-order valence-corrected chi connectivity index (χ2v) is 7.53. The minimum atomic E-state index is -0.454. The van der Waals surface area contributed by atoms with Crippen molar-refractivity contribution in [3.63, 3.8) is 0 Å². The van der Waals surface area contributed by atoms with Crippen molar-refractivity contribution in [3.05, 3.63) is 69.1 Å². The Morgan fingerprint density at radius 2 is 1.82 bits per heavy atom. The molecule has 0 saturated carbocycles. The fraction of sp³-hybridized carbons (Fsp3) is 0.273. The number of carbonyl (C=O) groups is 1. The van der Waals surface area contributed by atoms with Crippen LogP contribution in [0.3, 0.4) is 0 Å². The Hall–Kier alpha value is -2.63. The molecule has 0 atom stereocenters. The first-order valence-electron chi connectivity index (χ1n) is 9.11. The molecule has 0 unspecified atom stereocenters. The summed E-state index contributed by atoms with van der Waals surface area (Å²) in [5, 5.41) is 1.83. The van der Waals surface area contributed by atoms with Gasteiger partial charge in [-0.15, -0.1) is 0 Å². The average molecular weight is 399 g/mol. The molecule has 0 spiro atoms. The molecule has 1 heterocycles. The van der Waals surface area contributed by atoms with Gasteiger partial charge in [0.25, 0.3) is 5.56 Å². The first kappa shape index (κ1) is 20.1. The molecule has 0 amide bonds. The van der Waals surface area contributed by atoms with Gasteiger partial charge >= 0.3 is 5.97 Å². The van der Waals surface area contributed by atoms with Crippen LogP contribution in [-0.4, -0.2) is 17.6 Å². The van der Waals surface area contributed by atoms with Gasteiger partial charge in [0.15, 0.2) is 0 Å². The number of carbonyl (C=O) groups excluding carboxylic acids is 1. The highest BCUT2D eigenvalue weighted by Gasteiger charge is 2.19. The maximum Gasteiger partial charge on any atom is 0.337 e. The van der Waals surface area contributed by atoms with E-state index in [2.05, 4.69) is 13.8 Å². The fourth-order valence-corrected chi connectivity index (χ4v) is 3.58. The zero-order valence-electron chi connectivity index (χ0n) is 16.2. The van der Waals surface area contributed by atoms with Crippen LogP contribution < -0.4 is 11.3 Å². The van der Waals surface area contributed by atoms with Crippen LogP contribution in [0.25, 0.3) is 21.9 Å². The van der Waals surface area contributed by atoms with Crippen LogP contribution in [0.5, 0.6) is 0 Å². The number of aromatic nitrogens is 1. The topological polar surface area (TPSA) is 74.3 Å². The standard InChI is InChI=1S/C22H23ClN2O3/c1-13(2)12-25-19(11-24)20(14-4-7-16(23)8-5-14)18-10-15(22(27)28-3)6-9-17(18)21(25)26/h4-10,13H,11-12,24H2,1-3H3. The lowest BCUT2D eigenvalue weighted by atomic mass is 9.95. The third-order valence-electron chi connectivity index (χ3n) is 4.67. The summed E-state index contributed by atoms with van der Waals surface area (Å²) in [4.78, 5) is 25.3. The molecule has 0 bridgehead atoms. The van der Waals surface area contributed by atoms with E-state index in [1.165, 1.54) is 7.11 Å². The molecule has 6 heteroatoms. The Bertz CT molecular complexity index is 1090. The summed E-state index contributed by atoms with van der Waals surface area (Å²) in [6.07, 6.45) is 0. The zero-order chi connectivity index (χ0) is 20.4. The van der Waals surface area contributed by atoms with E-state index in [-0.39, 0.29) is 18.0 Å². The average Bonchev–Trinajstić information content (AvgIpc) is 2.69. The van der Waals surface area contributed by atoms with Crippen LogP contribution >= 0.6 is 11.6 Å². The van der Waals surface area contributed by atoms with Gasteiger partial charge in [0.1, 0.15) is 0 Å². The van der Waals surface area contributed by atoms with E-state index in [4.69, 9.17) is 22.1 Å². The maximum atomic E-state index is 13.2. The van der Waals surface area contributed by atoms with Gasteiger partial charge in [-0.3, -0.25) is 4.79 Å². The van der Waals surface area contributed by atoms with Gasteiger partial charge in [-0.1, -0.05) is 37.6 Å². The molecular formula is C22H23ClN2O3. The van der Waals surface area contributed by atoms with Crippen molar-refractivity contribution in [2.75, 3.05) is 7.11 Å². The monoisotopic (exact) mass is 398 g/mol. The number of methoxy groups -OCH3 is 1. The second kappa shape index (κ2) is 8.17. The number of halogens is 1. The third kappa shape index (κ3) is 3.68. The highest BCUT2D eigenvalue weighted by atomic mass is 35.5. The van der Waals surface area contributed by atoms with E-state index in [0.29, 0.717) is 27.9 Å². The molecule has 3 aromatic rings. The van der Waals surface area contributed by atoms with E-state index in [1.54, 1.807) is 34.9 Å². The van der Waals surface area contributed by atoms with Crippen LogP contribution in [-0.2, 0) is 17.8 Å². The Labute approximate surface area is 168 Å². The largest absolute Gasteiger partial charge is 0.465 e. The van der Waals surface area contributed by atoms with Crippen molar-refractivity contribution >= 4 is 28.3 Å². The van der Waals surface area contributed by atoms with Crippen molar-refractivity contribution in [3.8, 4) is 11.1 Å². The molecule has 2 N–H and O–H groups in total. The summed E-state index contributed by atoms with van der Waals surface area (Å²) in [6, 6.07) is 12.4. The summed E-state index contributed by atoms with van der Waals surface area (Å²) >= 11 is 6.06. The van der Waals surface area contributed by atoms with E-state index in [1.807, 2.05) is 12.1 Å². The van der Waals surface area contributed by atoms with Gasteiger partial charge < -0.3 is 15.0 Å². The van der Waals surface area contributed by atoms with E-state index >= 15 is 0 Å². The highest BCUT2D eigenvalue weighted by Crippen LogP contribution is 2.32. The van der Waals surface area contributed by atoms with Gasteiger partial charge in [-0.25, -0.2) is 4.79 Å². The predicted octanol–water partition coefficient (Wildman–Crippen LogP) is 4.22. The molecule has 0 aliphatic heterocycles. The molecule has 3 rings (SSSR count). The molecule has 0 fully saturated rings. The van der Waals surface area contributed by atoms with Crippen molar-refractivity contribution in [2.24, 2.45) is 11.7 Å². The van der Waals surface area contributed by atoms with Crippen molar-refractivity contribution < 1.29 is 9.53 Å². The molecule has 1 aromatic heterocycles. The number of ether oxygens (including phenoxy) is 1. The number of benzene rings is 2. The normalized spacial score (nSPS) is 11.2. The Morgan fingerprint density at radius 1 is 1.14 bits per heavy atom. The summed E-state index contributed by atoms with van der Waals surface area (Å²) in [5.74, 6) is -0.183. The van der Waals surface area contributed by atoms with Crippen LogP contribution in [0.2, 0.25) is 5.02 Å². The Morgan fingerprint density at radius 3 is 2.39 bits per heavy atom. The molecule has 5 nitrogen and oxygen atoms in total. The lowest BCUT2D eigenvalue weighted by Gasteiger charge is -2.21. The minimum absolute atomic E-state index is 0.113.